The zero-order valence-electron chi connectivity index (χ0n) is 11.3. The fourth-order valence-corrected chi connectivity index (χ4v) is 2.39. The molecule has 2 heteroatoms. The van der Waals surface area contributed by atoms with Crippen LogP contribution in [0.25, 0.3) is 0 Å². The highest BCUT2D eigenvalue weighted by Gasteiger charge is 2.20. The van der Waals surface area contributed by atoms with E-state index in [1.165, 1.54) is 24.1 Å². The summed E-state index contributed by atoms with van der Waals surface area (Å²) in [5.74, 6) is 0. The van der Waals surface area contributed by atoms with Gasteiger partial charge >= 0.3 is 0 Å². The van der Waals surface area contributed by atoms with Crippen LogP contribution in [-0.2, 0) is 0 Å². The molecule has 17 heavy (non-hydrogen) atoms. The van der Waals surface area contributed by atoms with Gasteiger partial charge in [0.15, 0.2) is 0 Å². The molecule has 0 atom stereocenters. The normalized spacial score (nSPS) is 20.8. The van der Waals surface area contributed by atoms with Gasteiger partial charge in [-0.15, -0.1) is 0 Å². The Balaban J connectivity index is 2.09. The standard InChI is InChI=1S/C15H24N2/c1-13-6-4-7-14(12-13)17-10-5-9-16-15(2,3)8-11-17/h4,6-7,12,16H,5,8-11H2,1-3H3. The smallest absolute Gasteiger partial charge is 0.0368 e. The van der Waals surface area contributed by atoms with Crippen molar-refractivity contribution in [1.29, 1.82) is 0 Å². The van der Waals surface area contributed by atoms with E-state index in [2.05, 4.69) is 55.3 Å². The topological polar surface area (TPSA) is 15.3 Å². The molecule has 0 spiro atoms. The van der Waals surface area contributed by atoms with Crippen molar-refractivity contribution in [3.05, 3.63) is 29.8 Å². The zero-order valence-corrected chi connectivity index (χ0v) is 11.3. The van der Waals surface area contributed by atoms with Crippen molar-refractivity contribution >= 4 is 5.69 Å². The maximum absolute atomic E-state index is 3.62. The van der Waals surface area contributed by atoms with Gasteiger partial charge in [-0.25, -0.2) is 0 Å². The molecule has 1 aromatic carbocycles. The summed E-state index contributed by atoms with van der Waals surface area (Å²) in [5.41, 5.74) is 2.99. The number of anilines is 1. The van der Waals surface area contributed by atoms with Crippen molar-refractivity contribution in [2.45, 2.75) is 39.2 Å². The molecule has 0 aromatic heterocycles. The Morgan fingerprint density at radius 2 is 2.06 bits per heavy atom. The van der Waals surface area contributed by atoms with Crippen LogP contribution in [0.5, 0.6) is 0 Å². The molecular weight excluding hydrogens is 208 g/mol. The molecule has 1 N–H and O–H groups in total. The molecule has 1 heterocycles. The summed E-state index contributed by atoms with van der Waals surface area (Å²) in [6, 6.07) is 8.85. The van der Waals surface area contributed by atoms with Crippen molar-refractivity contribution in [3.63, 3.8) is 0 Å². The van der Waals surface area contributed by atoms with E-state index in [1.54, 1.807) is 0 Å². The van der Waals surface area contributed by atoms with E-state index in [0.717, 1.165) is 19.6 Å². The summed E-state index contributed by atoms with van der Waals surface area (Å²) in [6.07, 6.45) is 2.41. The first-order valence-electron chi connectivity index (χ1n) is 6.63. The van der Waals surface area contributed by atoms with E-state index < -0.39 is 0 Å². The lowest BCUT2D eigenvalue weighted by atomic mass is 9.98. The highest BCUT2D eigenvalue weighted by molar-refractivity contribution is 5.48. The Bertz CT molecular complexity index is 371. The molecule has 1 aromatic rings. The Morgan fingerprint density at radius 1 is 1.24 bits per heavy atom. The number of benzene rings is 1. The predicted molar refractivity (Wildman–Crippen MR) is 74.7 cm³/mol. The van der Waals surface area contributed by atoms with E-state index in [-0.39, 0.29) is 5.54 Å². The molecule has 0 radical (unpaired) electrons. The van der Waals surface area contributed by atoms with Gasteiger partial charge in [0.2, 0.25) is 0 Å². The van der Waals surface area contributed by atoms with Crippen LogP contribution in [0, 0.1) is 6.92 Å². The van der Waals surface area contributed by atoms with Gasteiger partial charge in [-0.05, 0) is 57.9 Å². The molecule has 1 aliphatic heterocycles. The first kappa shape index (κ1) is 12.4. The van der Waals surface area contributed by atoms with Crippen LogP contribution in [-0.4, -0.2) is 25.2 Å². The fraction of sp³-hybridized carbons (Fsp3) is 0.600. The largest absolute Gasteiger partial charge is 0.371 e. The molecular formula is C15H24N2. The van der Waals surface area contributed by atoms with E-state index >= 15 is 0 Å². The molecule has 0 amide bonds. The van der Waals surface area contributed by atoms with Crippen LogP contribution in [0.2, 0.25) is 0 Å². The van der Waals surface area contributed by atoms with Crippen molar-refractivity contribution in [2.24, 2.45) is 0 Å². The minimum absolute atomic E-state index is 0.266. The highest BCUT2D eigenvalue weighted by Crippen LogP contribution is 2.20. The number of rotatable bonds is 1. The maximum atomic E-state index is 3.62. The van der Waals surface area contributed by atoms with Crippen molar-refractivity contribution in [3.8, 4) is 0 Å². The third-order valence-corrected chi connectivity index (χ3v) is 3.58. The molecule has 1 fully saturated rings. The SMILES string of the molecule is Cc1cccc(N2CCCNC(C)(C)CC2)c1. The lowest BCUT2D eigenvalue weighted by molar-refractivity contribution is 0.347. The monoisotopic (exact) mass is 232 g/mol. The van der Waals surface area contributed by atoms with Gasteiger partial charge in [0.05, 0.1) is 0 Å². The lowest BCUT2D eigenvalue weighted by Crippen LogP contribution is -2.46. The van der Waals surface area contributed by atoms with Gasteiger partial charge < -0.3 is 10.2 Å². The number of aryl methyl sites for hydroxylation is 1. The van der Waals surface area contributed by atoms with Crippen molar-refractivity contribution in [2.75, 3.05) is 24.5 Å². The Morgan fingerprint density at radius 3 is 2.82 bits per heavy atom. The number of nitrogens with zero attached hydrogens (tertiary/aromatic N) is 1. The number of nitrogens with one attached hydrogen (secondary N) is 1. The zero-order chi connectivity index (χ0) is 12.3. The first-order chi connectivity index (χ1) is 8.07. The first-order valence-corrected chi connectivity index (χ1v) is 6.63. The summed E-state index contributed by atoms with van der Waals surface area (Å²) >= 11 is 0. The molecule has 1 aliphatic rings. The molecule has 0 saturated carbocycles. The van der Waals surface area contributed by atoms with Crippen LogP contribution in [0.3, 0.4) is 0 Å². The molecule has 0 bridgehead atoms. The molecule has 94 valence electrons. The average molecular weight is 232 g/mol. The van der Waals surface area contributed by atoms with Gasteiger partial charge in [0, 0.05) is 24.3 Å². The Labute approximate surface area is 105 Å². The fourth-order valence-electron chi connectivity index (χ4n) is 2.39. The Kier molecular flexibility index (Phi) is 3.72. The Hall–Kier alpha value is -1.02. The van der Waals surface area contributed by atoms with Gasteiger partial charge in [0.1, 0.15) is 0 Å². The summed E-state index contributed by atoms with van der Waals surface area (Å²) in [5, 5.41) is 3.62. The van der Waals surface area contributed by atoms with Crippen LogP contribution in [0.1, 0.15) is 32.3 Å². The summed E-state index contributed by atoms with van der Waals surface area (Å²) < 4.78 is 0. The molecule has 2 nitrogen and oxygen atoms in total. The second kappa shape index (κ2) is 5.09. The third-order valence-electron chi connectivity index (χ3n) is 3.58. The molecule has 0 aliphatic carbocycles. The van der Waals surface area contributed by atoms with Gasteiger partial charge in [0.25, 0.3) is 0 Å². The summed E-state index contributed by atoms with van der Waals surface area (Å²) in [4.78, 5) is 2.52. The quantitative estimate of drug-likeness (QED) is 0.801. The number of hydrogen-bond acceptors (Lipinski definition) is 2. The van der Waals surface area contributed by atoms with E-state index in [4.69, 9.17) is 0 Å². The van der Waals surface area contributed by atoms with Crippen LogP contribution >= 0.6 is 0 Å². The minimum atomic E-state index is 0.266. The summed E-state index contributed by atoms with van der Waals surface area (Å²) in [7, 11) is 0. The van der Waals surface area contributed by atoms with Crippen molar-refractivity contribution < 1.29 is 0 Å². The van der Waals surface area contributed by atoms with Gasteiger partial charge in [-0.2, -0.15) is 0 Å². The molecule has 1 saturated heterocycles. The summed E-state index contributed by atoms with van der Waals surface area (Å²) in [6.45, 7) is 10.2. The van der Waals surface area contributed by atoms with E-state index in [0.29, 0.717) is 0 Å². The van der Waals surface area contributed by atoms with Crippen LogP contribution in [0.15, 0.2) is 24.3 Å². The number of hydrogen-bond donors (Lipinski definition) is 1. The molecule has 2 rings (SSSR count). The van der Waals surface area contributed by atoms with Crippen molar-refractivity contribution in [1.82, 2.24) is 5.32 Å². The minimum Gasteiger partial charge on any atom is -0.371 e. The average Bonchev–Trinajstić information content (AvgIpc) is 2.25. The van der Waals surface area contributed by atoms with Crippen LogP contribution in [0.4, 0.5) is 5.69 Å². The van der Waals surface area contributed by atoms with Gasteiger partial charge in [-0.3, -0.25) is 0 Å². The predicted octanol–water partition coefficient (Wildman–Crippen LogP) is 2.96. The van der Waals surface area contributed by atoms with E-state index in [9.17, 15) is 0 Å². The lowest BCUT2D eigenvalue weighted by Gasteiger charge is -2.35. The highest BCUT2D eigenvalue weighted by atomic mass is 15.1. The van der Waals surface area contributed by atoms with Crippen LogP contribution < -0.4 is 10.2 Å². The third kappa shape index (κ3) is 3.47. The van der Waals surface area contributed by atoms with E-state index in [1.807, 2.05) is 0 Å². The second-order valence-electron chi connectivity index (χ2n) is 5.74. The van der Waals surface area contributed by atoms with Gasteiger partial charge in [-0.1, -0.05) is 12.1 Å². The molecule has 0 unspecified atom stereocenters. The maximum Gasteiger partial charge on any atom is 0.0368 e. The second-order valence-corrected chi connectivity index (χ2v) is 5.74.